The summed E-state index contributed by atoms with van der Waals surface area (Å²) in [5.41, 5.74) is 0.769. The summed E-state index contributed by atoms with van der Waals surface area (Å²) in [6.07, 6.45) is -0.871. The van der Waals surface area contributed by atoms with Crippen LogP contribution in [0.2, 0.25) is 0 Å². The Kier molecular flexibility index (Phi) is 6.80. The normalized spacial score (nSPS) is 11.6. The third-order valence-electron chi connectivity index (χ3n) is 4.01. The van der Waals surface area contributed by atoms with Crippen molar-refractivity contribution in [1.82, 2.24) is 10.6 Å². The number of para-hydroxylation sites is 1. The molecule has 0 unspecified atom stereocenters. The average molecular weight is 417 g/mol. The fourth-order valence-electron chi connectivity index (χ4n) is 2.56. The van der Waals surface area contributed by atoms with Crippen LogP contribution in [0.15, 0.2) is 53.9 Å². The maximum atomic E-state index is 12.0. The Labute approximate surface area is 170 Å². The first kappa shape index (κ1) is 20.1. The highest BCUT2D eigenvalue weighted by atomic mass is 32.1. The van der Waals surface area contributed by atoms with Gasteiger partial charge in [-0.15, -0.1) is 22.7 Å². The summed E-state index contributed by atoms with van der Waals surface area (Å²) in [7, 11) is 1.54. The van der Waals surface area contributed by atoms with Gasteiger partial charge in [0.15, 0.2) is 0 Å². The zero-order chi connectivity index (χ0) is 19.9. The SMILES string of the molecule is COc1ccccc1CNC(=O)C(=O)NC[C@H](O)c1ccc(-c2cccs2)s1. The van der Waals surface area contributed by atoms with Crippen molar-refractivity contribution in [2.75, 3.05) is 13.7 Å². The molecule has 3 aromatic rings. The topological polar surface area (TPSA) is 87.7 Å². The number of aliphatic hydroxyl groups excluding tert-OH is 1. The van der Waals surface area contributed by atoms with Crippen LogP contribution in [0.5, 0.6) is 5.75 Å². The second-order valence-corrected chi connectivity index (χ2v) is 7.96. The van der Waals surface area contributed by atoms with Gasteiger partial charge in [-0.1, -0.05) is 24.3 Å². The van der Waals surface area contributed by atoms with E-state index in [1.165, 1.54) is 11.3 Å². The van der Waals surface area contributed by atoms with Gasteiger partial charge in [0.2, 0.25) is 0 Å². The monoisotopic (exact) mass is 416 g/mol. The second-order valence-electron chi connectivity index (χ2n) is 5.90. The Morgan fingerprint density at radius 2 is 1.82 bits per heavy atom. The van der Waals surface area contributed by atoms with Gasteiger partial charge in [0.05, 0.1) is 7.11 Å². The molecule has 146 valence electrons. The van der Waals surface area contributed by atoms with Gasteiger partial charge in [-0.05, 0) is 29.6 Å². The lowest BCUT2D eigenvalue weighted by Crippen LogP contribution is -2.41. The number of thiophene rings is 2. The number of aliphatic hydroxyl groups is 1. The summed E-state index contributed by atoms with van der Waals surface area (Å²) in [5.74, 6) is -0.912. The minimum absolute atomic E-state index is 0.0364. The minimum atomic E-state index is -0.871. The third-order valence-corrected chi connectivity index (χ3v) is 6.27. The van der Waals surface area contributed by atoms with Crippen LogP contribution in [0.3, 0.4) is 0 Å². The Morgan fingerprint density at radius 1 is 1.04 bits per heavy atom. The molecule has 6 nitrogen and oxygen atoms in total. The van der Waals surface area contributed by atoms with E-state index in [2.05, 4.69) is 10.6 Å². The summed E-state index contributed by atoms with van der Waals surface area (Å²) in [6, 6.07) is 15.0. The van der Waals surface area contributed by atoms with Crippen molar-refractivity contribution in [3.8, 4) is 15.5 Å². The summed E-state index contributed by atoms with van der Waals surface area (Å²) in [6.45, 7) is 0.138. The van der Waals surface area contributed by atoms with E-state index < -0.39 is 17.9 Å². The molecule has 1 atom stereocenters. The van der Waals surface area contributed by atoms with Gasteiger partial charge in [-0.2, -0.15) is 0 Å². The van der Waals surface area contributed by atoms with E-state index in [1.54, 1.807) is 24.5 Å². The molecule has 28 heavy (non-hydrogen) atoms. The molecule has 0 fully saturated rings. The Bertz CT molecular complexity index is 937. The predicted octanol–water partition coefficient (Wildman–Crippen LogP) is 2.95. The largest absolute Gasteiger partial charge is 0.496 e. The van der Waals surface area contributed by atoms with Crippen molar-refractivity contribution < 1.29 is 19.4 Å². The van der Waals surface area contributed by atoms with Crippen LogP contribution >= 0.6 is 22.7 Å². The number of ether oxygens (including phenoxy) is 1. The zero-order valence-corrected chi connectivity index (χ0v) is 16.8. The number of benzene rings is 1. The molecular formula is C20H20N2O4S2. The highest BCUT2D eigenvalue weighted by Crippen LogP contribution is 2.33. The molecule has 0 aliphatic rings. The maximum absolute atomic E-state index is 12.0. The molecule has 3 rings (SSSR count). The first-order valence-corrected chi connectivity index (χ1v) is 10.3. The molecule has 8 heteroatoms. The molecular weight excluding hydrogens is 396 g/mol. The first-order chi connectivity index (χ1) is 13.6. The lowest BCUT2D eigenvalue weighted by atomic mass is 10.2. The average Bonchev–Trinajstić information content (AvgIpc) is 3.41. The number of carbonyl (C=O) groups excluding carboxylic acids is 2. The fourth-order valence-corrected chi connectivity index (χ4v) is 4.39. The highest BCUT2D eigenvalue weighted by Gasteiger charge is 2.17. The van der Waals surface area contributed by atoms with Crippen LogP contribution < -0.4 is 15.4 Å². The molecule has 0 aliphatic carbocycles. The van der Waals surface area contributed by atoms with E-state index in [9.17, 15) is 14.7 Å². The maximum Gasteiger partial charge on any atom is 0.309 e. The van der Waals surface area contributed by atoms with Gasteiger partial charge in [0.1, 0.15) is 11.9 Å². The Balaban J connectivity index is 1.48. The zero-order valence-electron chi connectivity index (χ0n) is 15.2. The summed E-state index contributed by atoms with van der Waals surface area (Å²) >= 11 is 3.09. The molecule has 2 heterocycles. The van der Waals surface area contributed by atoms with Crippen molar-refractivity contribution in [2.24, 2.45) is 0 Å². The number of rotatable bonds is 7. The van der Waals surface area contributed by atoms with E-state index >= 15 is 0 Å². The van der Waals surface area contributed by atoms with Gasteiger partial charge >= 0.3 is 11.8 Å². The molecule has 0 aliphatic heterocycles. The van der Waals surface area contributed by atoms with Crippen molar-refractivity contribution in [3.05, 3.63) is 64.4 Å². The number of hydrogen-bond donors (Lipinski definition) is 3. The summed E-state index contributed by atoms with van der Waals surface area (Å²) < 4.78 is 5.21. The molecule has 0 saturated heterocycles. The Hall–Kier alpha value is -2.68. The third kappa shape index (κ3) is 4.98. The van der Waals surface area contributed by atoms with Gasteiger partial charge in [-0.25, -0.2) is 0 Å². The van der Waals surface area contributed by atoms with Gasteiger partial charge in [0, 0.05) is 33.3 Å². The number of methoxy groups -OCH3 is 1. The summed E-state index contributed by atoms with van der Waals surface area (Å²) in [4.78, 5) is 26.9. The quantitative estimate of drug-likeness (QED) is 0.517. The number of amides is 2. The Morgan fingerprint density at radius 3 is 2.57 bits per heavy atom. The van der Waals surface area contributed by atoms with E-state index in [1.807, 2.05) is 47.8 Å². The van der Waals surface area contributed by atoms with E-state index in [0.717, 1.165) is 20.2 Å². The molecule has 0 radical (unpaired) electrons. The van der Waals surface area contributed by atoms with E-state index in [4.69, 9.17) is 4.74 Å². The van der Waals surface area contributed by atoms with Crippen LogP contribution in [0, 0.1) is 0 Å². The van der Waals surface area contributed by atoms with E-state index in [-0.39, 0.29) is 13.1 Å². The predicted molar refractivity (Wildman–Crippen MR) is 110 cm³/mol. The standard InChI is InChI=1S/C20H20N2O4S2/c1-26-15-6-3-2-5-13(15)11-21-19(24)20(25)22-12-14(23)16-8-9-18(28-16)17-7-4-10-27-17/h2-10,14,23H,11-12H2,1H3,(H,21,24)(H,22,25)/t14-/m0/s1. The van der Waals surface area contributed by atoms with Crippen LogP contribution in [0.25, 0.3) is 9.75 Å². The lowest BCUT2D eigenvalue weighted by molar-refractivity contribution is -0.139. The van der Waals surface area contributed by atoms with Gasteiger partial charge < -0.3 is 20.5 Å². The number of hydrogen-bond acceptors (Lipinski definition) is 6. The van der Waals surface area contributed by atoms with Crippen LogP contribution in [0.1, 0.15) is 16.5 Å². The molecule has 1 aromatic carbocycles. The molecule has 0 bridgehead atoms. The van der Waals surface area contributed by atoms with Crippen molar-refractivity contribution in [1.29, 1.82) is 0 Å². The van der Waals surface area contributed by atoms with Crippen molar-refractivity contribution >= 4 is 34.5 Å². The fraction of sp³-hybridized carbons (Fsp3) is 0.200. The van der Waals surface area contributed by atoms with Crippen LogP contribution in [-0.2, 0) is 16.1 Å². The van der Waals surface area contributed by atoms with Gasteiger partial charge in [0.25, 0.3) is 0 Å². The molecule has 2 amide bonds. The molecule has 0 spiro atoms. The lowest BCUT2D eigenvalue weighted by Gasteiger charge is -2.11. The molecule has 3 N–H and O–H groups in total. The van der Waals surface area contributed by atoms with Crippen LogP contribution in [-0.4, -0.2) is 30.6 Å². The summed E-state index contributed by atoms with van der Waals surface area (Å²) in [5, 5.41) is 17.3. The smallest absolute Gasteiger partial charge is 0.309 e. The second kappa shape index (κ2) is 9.50. The first-order valence-electron chi connectivity index (χ1n) is 8.58. The highest BCUT2D eigenvalue weighted by molar-refractivity contribution is 7.21. The number of nitrogens with one attached hydrogen (secondary N) is 2. The van der Waals surface area contributed by atoms with Gasteiger partial charge in [-0.3, -0.25) is 9.59 Å². The van der Waals surface area contributed by atoms with Crippen LogP contribution in [0.4, 0.5) is 0 Å². The molecule has 0 saturated carbocycles. The minimum Gasteiger partial charge on any atom is -0.496 e. The van der Waals surface area contributed by atoms with E-state index in [0.29, 0.717) is 5.75 Å². The number of carbonyl (C=O) groups is 2. The molecule has 2 aromatic heterocycles. The van der Waals surface area contributed by atoms with Crippen molar-refractivity contribution in [3.63, 3.8) is 0 Å². The van der Waals surface area contributed by atoms with Crippen molar-refractivity contribution in [2.45, 2.75) is 12.6 Å².